The van der Waals surface area contributed by atoms with E-state index in [1.54, 1.807) is 13.8 Å². The lowest BCUT2D eigenvalue weighted by Gasteiger charge is -2.10. The van der Waals surface area contributed by atoms with Crippen molar-refractivity contribution < 1.29 is 22.1 Å². The third kappa shape index (κ3) is 8.32. The molecule has 0 rings (SSSR count). The van der Waals surface area contributed by atoms with Crippen LogP contribution in [0.4, 0.5) is 0 Å². The van der Waals surface area contributed by atoms with Crippen LogP contribution in [0.2, 0.25) is 0 Å². The van der Waals surface area contributed by atoms with Crippen molar-refractivity contribution in [3.05, 3.63) is 12.2 Å². The molecule has 0 saturated heterocycles. The first-order chi connectivity index (χ1) is 9.31. The number of unbranched alkanes of at least 4 members (excludes halogenated alkanes) is 3. The molecule has 0 amide bonds. The Kier molecular flexibility index (Phi) is 9.50. The molecule has 0 aliphatic heterocycles. The summed E-state index contributed by atoms with van der Waals surface area (Å²) >= 11 is 0. The summed E-state index contributed by atoms with van der Waals surface area (Å²) in [7, 11) is -3.41. The predicted octanol–water partition coefficient (Wildman–Crippen LogP) is 2.81. The van der Waals surface area contributed by atoms with E-state index in [2.05, 4.69) is 6.58 Å². The minimum atomic E-state index is -3.41. The Morgan fingerprint density at radius 1 is 1.15 bits per heavy atom. The van der Waals surface area contributed by atoms with Gasteiger partial charge in [-0.1, -0.05) is 19.9 Å². The Hall–Kier alpha value is -0.880. The van der Waals surface area contributed by atoms with Crippen LogP contribution in [0, 0.1) is 0 Å². The highest BCUT2D eigenvalue weighted by Gasteiger charge is 2.19. The molecular formula is C14H26O5S. The zero-order valence-electron chi connectivity index (χ0n) is 12.7. The van der Waals surface area contributed by atoms with Crippen LogP contribution in [0.1, 0.15) is 52.9 Å². The average molecular weight is 306 g/mol. The zero-order chi connectivity index (χ0) is 15.6. The molecule has 0 spiro atoms. The van der Waals surface area contributed by atoms with Crippen molar-refractivity contribution in [1.82, 2.24) is 0 Å². The maximum absolute atomic E-state index is 11.5. The molecular weight excluding hydrogens is 280 g/mol. The molecule has 0 bridgehead atoms. The molecule has 0 aromatic heterocycles. The van der Waals surface area contributed by atoms with Gasteiger partial charge in [-0.25, -0.2) is 4.79 Å². The van der Waals surface area contributed by atoms with Crippen molar-refractivity contribution in [2.45, 2.75) is 58.1 Å². The molecule has 5 nitrogen and oxygen atoms in total. The third-order valence-corrected chi connectivity index (χ3v) is 4.75. The first-order valence-corrected chi connectivity index (χ1v) is 8.49. The van der Waals surface area contributed by atoms with Gasteiger partial charge in [-0.2, -0.15) is 8.42 Å². The summed E-state index contributed by atoms with van der Waals surface area (Å²) in [4.78, 5) is 11.1. The number of carbonyl (C=O) groups is 1. The van der Waals surface area contributed by atoms with E-state index < -0.39 is 15.4 Å². The molecule has 0 heterocycles. The average Bonchev–Trinajstić information content (AvgIpc) is 2.40. The lowest BCUT2D eigenvalue weighted by Crippen LogP contribution is -2.20. The highest BCUT2D eigenvalue weighted by atomic mass is 32.2. The number of hydrogen-bond acceptors (Lipinski definition) is 5. The van der Waals surface area contributed by atoms with Gasteiger partial charge in [-0.15, -0.1) is 0 Å². The molecule has 20 heavy (non-hydrogen) atoms. The summed E-state index contributed by atoms with van der Waals surface area (Å²) in [6.07, 6.45) is 3.72. The highest BCUT2D eigenvalue weighted by molar-refractivity contribution is 7.87. The van der Waals surface area contributed by atoms with Crippen LogP contribution in [0.25, 0.3) is 0 Å². The summed E-state index contributed by atoms with van der Waals surface area (Å²) in [5, 5.41) is -0.455. The third-order valence-electron chi connectivity index (χ3n) is 2.94. The molecule has 0 aliphatic carbocycles. The maximum Gasteiger partial charge on any atom is 0.333 e. The number of rotatable bonds is 11. The second-order valence-corrected chi connectivity index (χ2v) is 6.89. The fourth-order valence-electron chi connectivity index (χ4n) is 1.34. The number of esters is 1. The molecule has 0 aliphatic rings. The van der Waals surface area contributed by atoms with Gasteiger partial charge in [0.2, 0.25) is 0 Å². The van der Waals surface area contributed by atoms with Crippen LogP contribution in [0.5, 0.6) is 0 Å². The first-order valence-electron chi connectivity index (χ1n) is 7.02. The largest absolute Gasteiger partial charge is 0.462 e. The van der Waals surface area contributed by atoms with Crippen molar-refractivity contribution in [3.8, 4) is 0 Å². The van der Waals surface area contributed by atoms with Crippen molar-refractivity contribution in [1.29, 1.82) is 0 Å². The summed E-state index contributed by atoms with van der Waals surface area (Å²) in [6, 6.07) is 0. The van der Waals surface area contributed by atoms with Gasteiger partial charge >= 0.3 is 5.97 Å². The highest BCUT2D eigenvalue weighted by Crippen LogP contribution is 2.09. The Bertz CT molecular complexity index is 400. The maximum atomic E-state index is 11.5. The van der Waals surface area contributed by atoms with Gasteiger partial charge < -0.3 is 4.74 Å². The van der Waals surface area contributed by atoms with Gasteiger partial charge in [0.25, 0.3) is 10.1 Å². The van der Waals surface area contributed by atoms with E-state index in [1.165, 1.54) is 0 Å². The predicted molar refractivity (Wildman–Crippen MR) is 78.9 cm³/mol. The number of hydrogen-bond donors (Lipinski definition) is 0. The summed E-state index contributed by atoms with van der Waals surface area (Å²) < 4.78 is 33.0. The van der Waals surface area contributed by atoms with E-state index in [9.17, 15) is 13.2 Å². The van der Waals surface area contributed by atoms with Gasteiger partial charge in [-0.3, -0.25) is 4.18 Å². The topological polar surface area (TPSA) is 69.7 Å². The Labute approximate surface area is 122 Å². The van der Waals surface area contributed by atoms with Crippen molar-refractivity contribution in [3.63, 3.8) is 0 Å². The molecule has 1 unspecified atom stereocenters. The summed E-state index contributed by atoms with van der Waals surface area (Å²) in [5.74, 6) is -0.368. The molecule has 118 valence electrons. The van der Waals surface area contributed by atoms with E-state index in [0.29, 0.717) is 25.0 Å². The Morgan fingerprint density at radius 2 is 1.70 bits per heavy atom. The minimum Gasteiger partial charge on any atom is -0.462 e. The fourth-order valence-corrected chi connectivity index (χ4v) is 2.33. The quantitative estimate of drug-likeness (QED) is 0.254. The first kappa shape index (κ1) is 19.1. The minimum absolute atomic E-state index is 0.220. The lowest BCUT2D eigenvalue weighted by molar-refractivity contribution is -0.139. The molecule has 0 radical (unpaired) electrons. The Morgan fingerprint density at radius 3 is 2.20 bits per heavy atom. The second-order valence-electron chi connectivity index (χ2n) is 4.86. The van der Waals surface area contributed by atoms with Crippen LogP contribution < -0.4 is 0 Å². The van der Waals surface area contributed by atoms with E-state index in [4.69, 9.17) is 8.92 Å². The molecule has 6 heteroatoms. The van der Waals surface area contributed by atoms with Gasteiger partial charge in [-0.05, 0) is 39.5 Å². The second kappa shape index (κ2) is 9.94. The number of ether oxygens (including phenoxy) is 1. The summed E-state index contributed by atoms with van der Waals surface area (Å²) in [6.45, 7) is 9.15. The van der Waals surface area contributed by atoms with Crippen LogP contribution in [-0.2, 0) is 23.8 Å². The van der Waals surface area contributed by atoms with Crippen LogP contribution >= 0.6 is 0 Å². The van der Waals surface area contributed by atoms with Crippen molar-refractivity contribution in [2.75, 3.05) is 13.2 Å². The summed E-state index contributed by atoms with van der Waals surface area (Å²) in [5.41, 5.74) is 0.397. The van der Waals surface area contributed by atoms with E-state index in [0.717, 1.165) is 19.3 Å². The van der Waals surface area contributed by atoms with Gasteiger partial charge in [0, 0.05) is 5.57 Å². The van der Waals surface area contributed by atoms with Crippen LogP contribution in [0.15, 0.2) is 12.2 Å². The molecule has 1 atom stereocenters. The monoisotopic (exact) mass is 306 g/mol. The van der Waals surface area contributed by atoms with Gasteiger partial charge in [0.15, 0.2) is 0 Å². The zero-order valence-corrected chi connectivity index (χ0v) is 13.5. The van der Waals surface area contributed by atoms with Gasteiger partial charge in [0.05, 0.1) is 18.5 Å². The molecule has 0 aromatic rings. The van der Waals surface area contributed by atoms with E-state index in [1.807, 2.05) is 6.92 Å². The molecule has 0 aromatic carbocycles. The Balaban J connectivity index is 3.55. The molecule has 0 fully saturated rings. The van der Waals surface area contributed by atoms with Crippen molar-refractivity contribution >= 4 is 16.1 Å². The standard InChI is InChI=1S/C14H26O5S/c1-5-13(4)20(16,17)19-11-9-7-6-8-10-18-14(15)12(2)3/h13H,2,5-11H2,1,3-4H3. The number of carbonyl (C=O) groups excluding carboxylic acids is 1. The van der Waals surface area contributed by atoms with E-state index in [-0.39, 0.29) is 12.6 Å². The van der Waals surface area contributed by atoms with Crippen LogP contribution in [-0.4, -0.2) is 32.9 Å². The molecule has 0 N–H and O–H groups in total. The van der Waals surface area contributed by atoms with Crippen LogP contribution in [0.3, 0.4) is 0 Å². The van der Waals surface area contributed by atoms with E-state index >= 15 is 0 Å². The molecule has 0 saturated carbocycles. The fraction of sp³-hybridized carbons (Fsp3) is 0.786. The normalized spacial score (nSPS) is 12.9. The SMILES string of the molecule is C=C(C)C(=O)OCCCCCCOS(=O)(=O)C(C)CC. The van der Waals surface area contributed by atoms with Gasteiger partial charge in [0.1, 0.15) is 0 Å². The smallest absolute Gasteiger partial charge is 0.333 e. The van der Waals surface area contributed by atoms with Crippen molar-refractivity contribution in [2.24, 2.45) is 0 Å². The lowest BCUT2D eigenvalue weighted by atomic mass is 10.2.